The maximum atomic E-state index is 12.4. The third kappa shape index (κ3) is 3.40. The van der Waals surface area contributed by atoms with Crippen LogP contribution in [0.3, 0.4) is 0 Å². The minimum Gasteiger partial charge on any atom is -0.342 e. The van der Waals surface area contributed by atoms with Crippen molar-refractivity contribution in [1.29, 1.82) is 0 Å². The Morgan fingerprint density at radius 3 is 2.17 bits per heavy atom. The van der Waals surface area contributed by atoms with Crippen LogP contribution in [0.4, 0.5) is 0 Å². The number of nitrogens with zero attached hydrogens (tertiary/aromatic N) is 1. The van der Waals surface area contributed by atoms with Gasteiger partial charge in [-0.05, 0) is 57.3 Å². The monoisotopic (exact) mass is 271 g/mol. The second kappa shape index (κ2) is 6.27. The van der Waals surface area contributed by atoms with Gasteiger partial charge >= 0.3 is 0 Å². The van der Waals surface area contributed by atoms with Crippen LogP contribution in [-0.4, -0.2) is 29.3 Å². The number of halogens is 1. The van der Waals surface area contributed by atoms with Crippen LogP contribution in [0.25, 0.3) is 0 Å². The molecule has 0 radical (unpaired) electrons. The molecular formula is C15H26ClNO. The highest BCUT2D eigenvalue weighted by Crippen LogP contribution is 2.31. The summed E-state index contributed by atoms with van der Waals surface area (Å²) in [7, 11) is 0. The molecule has 0 bridgehead atoms. The van der Waals surface area contributed by atoms with Gasteiger partial charge in [-0.15, -0.1) is 11.6 Å². The van der Waals surface area contributed by atoms with Gasteiger partial charge in [-0.3, -0.25) is 4.79 Å². The Hall–Kier alpha value is -0.240. The van der Waals surface area contributed by atoms with Gasteiger partial charge in [0.2, 0.25) is 5.91 Å². The molecular weight excluding hydrogens is 246 g/mol. The molecule has 1 heterocycles. The van der Waals surface area contributed by atoms with Gasteiger partial charge in [0.15, 0.2) is 0 Å². The lowest BCUT2D eigenvalue weighted by Gasteiger charge is -2.36. The van der Waals surface area contributed by atoms with Gasteiger partial charge in [0.05, 0.1) is 0 Å². The Balaban J connectivity index is 1.80. The van der Waals surface area contributed by atoms with Gasteiger partial charge in [-0.25, -0.2) is 0 Å². The Kier molecular flexibility index (Phi) is 4.94. The second-order valence-corrected chi connectivity index (χ2v) is 6.99. The van der Waals surface area contributed by atoms with E-state index in [2.05, 4.69) is 18.7 Å². The standard InChI is InChI=1S/C15H26ClNO/c1-11-3-5-14(6-4-11)15(18)17-9-7-13(8-10-17)12(2)16/h11-14H,3-10H2,1-2H3. The van der Waals surface area contributed by atoms with Gasteiger partial charge < -0.3 is 4.90 Å². The summed E-state index contributed by atoms with van der Waals surface area (Å²) in [6, 6.07) is 0. The smallest absolute Gasteiger partial charge is 0.225 e. The molecule has 0 aromatic heterocycles. The largest absolute Gasteiger partial charge is 0.342 e. The topological polar surface area (TPSA) is 20.3 Å². The molecule has 104 valence electrons. The molecule has 1 saturated heterocycles. The van der Waals surface area contributed by atoms with Gasteiger partial charge in [0.25, 0.3) is 0 Å². The molecule has 1 amide bonds. The highest BCUT2D eigenvalue weighted by atomic mass is 35.5. The molecule has 1 aliphatic carbocycles. The predicted molar refractivity (Wildman–Crippen MR) is 75.7 cm³/mol. The molecule has 1 atom stereocenters. The predicted octanol–water partition coefficient (Wildman–Crippen LogP) is 3.68. The van der Waals surface area contributed by atoms with Crippen LogP contribution in [0.2, 0.25) is 0 Å². The minimum absolute atomic E-state index is 0.248. The van der Waals surface area contributed by atoms with E-state index < -0.39 is 0 Å². The van der Waals surface area contributed by atoms with Gasteiger partial charge in [0, 0.05) is 24.4 Å². The first-order valence-electron chi connectivity index (χ1n) is 7.50. The van der Waals surface area contributed by atoms with E-state index in [-0.39, 0.29) is 5.38 Å². The number of carbonyl (C=O) groups excluding carboxylic acids is 1. The number of rotatable bonds is 2. The summed E-state index contributed by atoms with van der Waals surface area (Å²) in [6.45, 7) is 6.22. The Morgan fingerprint density at radius 2 is 1.67 bits per heavy atom. The zero-order valence-electron chi connectivity index (χ0n) is 11.7. The van der Waals surface area contributed by atoms with E-state index in [1.165, 1.54) is 12.8 Å². The molecule has 2 nitrogen and oxygen atoms in total. The molecule has 3 heteroatoms. The number of hydrogen-bond donors (Lipinski definition) is 0. The first-order valence-corrected chi connectivity index (χ1v) is 7.94. The lowest BCUT2D eigenvalue weighted by molar-refractivity contribution is -0.138. The van der Waals surface area contributed by atoms with Crippen molar-refractivity contribution in [3.8, 4) is 0 Å². The summed E-state index contributed by atoms with van der Waals surface area (Å²) in [4.78, 5) is 14.5. The Bertz CT molecular complexity index is 276. The summed E-state index contributed by atoms with van der Waals surface area (Å²) in [5.74, 6) is 2.15. The fourth-order valence-electron chi connectivity index (χ4n) is 3.34. The summed E-state index contributed by atoms with van der Waals surface area (Å²) < 4.78 is 0. The van der Waals surface area contributed by atoms with Gasteiger partial charge in [-0.1, -0.05) is 6.92 Å². The fourth-order valence-corrected chi connectivity index (χ4v) is 3.60. The van der Waals surface area contributed by atoms with Crippen LogP contribution in [0.5, 0.6) is 0 Å². The quantitative estimate of drug-likeness (QED) is 0.702. The van der Waals surface area contributed by atoms with Crippen LogP contribution in [0.15, 0.2) is 0 Å². The van der Waals surface area contributed by atoms with E-state index in [0.717, 1.165) is 44.7 Å². The maximum Gasteiger partial charge on any atom is 0.225 e. The van der Waals surface area contributed by atoms with Crippen LogP contribution in [-0.2, 0) is 4.79 Å². The van der Waals surface area contributed by atoms with E-state index in [0.29, 0.717) is 17.7 Å². The highest BCUT2D eigenvalue weighted by Gasteiger charge is 2.31. The van der Waals surface area contributed by atoms with E-state index >= 15 is 0 Å². The molecule has 0 spiro atoms. The van der Waals surface area contributed by atoms with Crippen molar-refractivity contribution in [1.82, 2.24) is 4.90 Å². The summed E-state index contributed by atoms with van der Waals surface area (Å²) >= 11 is 6.15. The average molecular weight is 272 g/mol. The SMILES string of the molecule is CC1CCC(C(=O)N2CCC(C(C)Cl)CC2)CC1. The Morgan fingerprint density at radius 1 is 1.11 bits per heavy atom. The number of piperidine rings is 1. The van der Waals surface area contributed by atoms with Crippen LogP contribution < -0.4 is 0 Å². The van der Waals surface area contributed by atoms with E-state index in [9.17, 15) is 4.79 Å². The number of amides is 1. The first kappa shape index (κ1) is 14.2. The van der Waals surface area contributed by atoms with Crippen LogP contribution >= 0.6 is 11.6 Å². The third-order valence-corrected chi connectivity index (χ3v) is 5.22. The fraction of sp³-hybridized carbons (Fsp3) is 0.933. The van der Waals surface area contributed by atoms with Crippen molar-refractivity contribution in [2.24, 2.45) is 17.8 Å². The zero-order chi connectivity index (χ0) is 13.1. The van der Waals surface area contributed by atoms with Gasteiger partial charge in [0.1, 0.15) is 0 Å². The Labute approximate surface area is 116 Å². The average Bonchev–Trinajstić information content (AvgIpc) is 2.39. The zero-order valence-corrected chi connectivity index (χ0v) is 12.5. The lowest BCUT2D eigenvalue weighted by atomic mass is 9.82. The molecule has 0 N–H and O–H groups in total. The van der Waals surface area contributed by atoms with Crippen LogP contribution in [0, 0.1) is 17.8 Å². The van der Waals surface area contributed by atoms with E-state index in [1.807, 2.05) is 0 Å². The van der Waals surface area contributed by atoms with Crippen molar-refractivity contribution >= 4 is 17.5 Å². The molecule has 1 aliphatic heterocycles. The summed E-state index contributed by atoms with van der Waals surface area (Å²) in [6.07, 6.45) is 6.83. The lowest BCUT2D eigenvalue weighted by Crippen LogP contribution is -2.43. The van der Waals surface area contributed by atoms with Crippen molar-refractivity contribution in [2.45, 2.75) is 57.7 Å². The molecule has 2 fully saturated rings. The normalized spacial score (nSPS) is 32.3. The second-order valence-electron chi connectivity index (χ2n) is 6.30. The number of carbonyl (C=O) groups is 1. The molecule has 2 rings (SSSR count). The van der Waals surface area contributed by atoms with Crippen molar-refractivity contribution in [3.63, 3.8) is 0 Å². The van der Waals surface area contributed by atoms with E-state index in [4.69, 9.17) is 11.6 Å². The molecule has 1 unspecified atom stereocenters. The first-order chi connectivity index (χ1) is 8.58. The van der Waals surface area contributed by atoms with Crippen molar-refractivity contribution in [3.05, 3.63) is 0 Å². The van der Waals surface area contributed by atoms with E-state index in [1.54, 1.807) is 0 Å². The van der Waals surface area contributed by atoms with Crippen molar-refractivity contribution < 1.29 is 4.79 Å². The number of hydrogen-bond acceptors (Lipinski definition) is 1. The van der Waals surface area contributed by atoms with Crippen molar-refractivity contribution in [2.75, 3.05) is 13.1 Å². The number of alkyl halides is 1. The minimum atomic E-state index is 0.248. The molecule has 0 aromatic rings. The number of likely N-dealkylation sites (tertiary alicyclic amines) is 1. The van der Waals surface area contributed by atoms with Gasteiger partial charge in [-0.2, -0.15) is 0 Å². The third-order valence-electron chi connectivity index (χ3n) is 4.87. The summed E-state index contributed by atoms with van der Waals surface area (Å²) in [5.41, 5.74) is 0. The maximum absolute atomic E-state index is 12.4. The molecule has 1 saturated carbocycles. The molecule has 2 aliphatic rings. The molecule has 0 aromatic carbocycles. The summed E-state index contributed by atoms with van der Waals surface area (Å²) in [5, 5.41) is 0.248. The van der Waals surface area contributed by atoms with Crippen LogP contribution in [0.1, 0.15) is 52.4 Å². The highest BCUT2D eigenvalue weighted by molar-refractivity contribution is 6.20. The molecule has 18 heavy (non-hydrogen) atoms.